The Morgan fingerprint density at radius 3 is 1.29 bits per heavy atom. The van der Waals surface area contributed by atoms with Crippen molar-refractivity contribution >= 4 is 16.6 Å². The molecule has 0 atom stereocenters. The van der Waals surface area contributed by atoms with Gasteiger partial charge in [0.2, 0.25) is 0 Å². The highest BCUT2D eigenvalue weighted by molar-refractivity contribution is 7.59. The van der Waals surface area contributed by atoms with Gasteiger partial charge in [-0.25, -0.2) is 4.79 Å². The monoisotopic (exact) mass is 224 g/mol. The van der Waals surface area contributed by atoms with Crippen molar-refractivity contribution in [1.82, 2.24) is 10.6 Å². The van der Waals surface area contributed by atoms with Gasteiger partial charge in [0.15, 0.2) is 0 Å². The number of amides is 2. The first kappa shape index (κ1) is 15.4. The molecule has 6 nitrogen and oxygen atoms in total. The van der Waals surface area contributed by atoms with E-state index in [-0.39, 0.29) is 18.1 Å². The molecule has 0 aliphatic rings. The summed E-state index contributed by atoms with van der Waals surface area (Å²) in [5.74, 6) is 0. The number of carbonyl (C=O) groups excluding carboxylic acids is 1. The number of nitrogens with one attached hydrogen (secondary N) is 2. The molecule has 0 saturated heterocycles. The molecular formula is C7H16N2O4S. The highest BCUT2D eigenvalue weighted by Gasteiger charge is 2.02. The average molecular weight is 224 g/mol. The van der Waals surface area contributed by atoms with Gasteiger partial charge in [0.25, 0.3) is 0 Å². The Balaban J connectivity index is 0. The first-order chi connectivity index (χ1) is 6.25. The third-order valence-electron chi connectivity index (χ3n) is 0.840. The summed E-state index contributed by atoms with van der Waals surface area (Å²) < 4.78 is 25.3. The molecule has 0 aromatic heterocycles. The second-order valence-electron chi connectivity index (χ2n) is 3.13. The van der Waals surface area contributed by atoms with Crippen LogP contribution in [0.15, 0.2) is 0 Å². The fourth-order valence-electron chi connectivity index (χ4n) is 0.566. The van der Waals surface area contributed by atoms with Crippen LogP contribution in [0.4, 0.5) is 4.79 Å². The van der Waals surface area contributed by atoms with Crippen molar-refractivity contribution in [1.29, 1.82) is 0 Å². The van der Waals surface area contributed by atoms with Crippen molar-refractivity contribution in [3.8, 4) is 0 Å². The van der Waals surface area contributed by atoms with Crippen LogP contribution in [0, 0.1) is 0 Å². The molecule has 2 amide bonds. The summed E-state index contributed by atoms with van der Waals surface area (Å²) in [6.45, 7) is 7.72. The lowest BCUT2D eigenvalue weighted by Crippen LogP contribution is -2.42. The largest absolute Gasteiger partial charge is 0.425 e. The summed E-state index contributed by atoms with van der Waals surface area (Å²) >= 11 is 0. The minimum Gasteiger partial charge on any atom is -0.336 e. The predicted octanol–water partition coefficient (Wildman–Crippen LogP) is 0.0983. The molecule has 14 heavy (non-hydrogen) atoms. The van der Waals surface area contributed by atoms with E-state index >= 15 is 0 Å². The number of carbonyl (C=O) groups is 1. The number of hydrogen-bond donors (Lipinski definition) is 2. The van der Waals surface area contributed by atoms with Gasteiger partial charge in [-0.15, -0.1) is 12.6 Å². The molecule has 0 radical (unpaired) electrons. The Hall–Kier alpha value is -1.11. The Morgan fingerprint density at radius 2 is 1.14 bits per heavy atom. The number of rotatable bonds is 2. The molecule has 0 fully saturated rings. The van der Waals surface area contributed by atoms with E-state index in [1.165, 1.54) is 0 Å². The third kappa shape index (κ3) is 22.4. The maximum absolute atomic E-state index is 10.8. The Bertz CT molecular complexity index is 238. The Kier molecular flexibility index (Phi) is 9.31. The lowest BCUT2D eigenvalue weighted by atomic mass is 10.4. The minimum atomic E-state index is -3.11. The molecule has 0 aromatic carbocycles. The van der Waals surface area contributed by atoms with Crippen LogP contribution < -0.4 is 10.6 Å². The van der Waals surface area contributed by atoms with Gasteiger partial charge in [-0.1, -0.05) is 0 Å². The zero-order valence-electron chi connectivity index (χ0n) is 8.70. The van der Waals surface area contributed by atoms with E-state index in [1.54, 1.807) is 0 Å². The second kappa shape index (κ2) is 8.49. The lowest BCUT2D eigenvalue weighted by molar-refractivity contribution is 0.236. The normalized spacial score (nSPS) is 9.00. The second-order valence-corrected chi connectivity index (χ2v) is 3.54. The molecular weight excluding hydrogens is 208 g/mol. The average Bonchev–Trinajstić information content (AvgIpc) is 1.79. The van der Waals surface area contributed by atoms with E-state index in [0.29, 0.717) is 0 Å². The van der Waals surface area contributed by atoms with E-state index in [0.717, 1.165) is 0 Å². The van der Waals surface area contributed by atoms with Crippen LogP contribution in [0.1, 0.15) is 27.7 Å². The molecule has 84 valence electrons. The first-order valence-electron chi connectivity index (χ1n) is 4.09. The maximum Gasteiger partial charge on any atom is 0.425 e. The van der Waals surface area contributed by atoms with Crippen molar-refractivity contribution in [2.75, 3.05) is 0 Å². The van der Waals surface area contributed by atoms with E-state index in [1.807, 2.05) is 27.7 Å². The Morgan fingerprint density at radius 1 is 0.929 bits per heavy atom. The molecule has 0 rings (SSSR count). The van der Waals surface area contributed by atoms with Crippen LogP contribution in [-0.2, 0) is 10.6 Å². The SMILES string of the molecule is CC(C)NC(=O)NC(C)C.O=S(=O)=O. The predicted molar refractivity (Wildman–Crippen MR) is 51.6 cm³/mol. The Labute approximate surface area is 85.1 Å². The molecule has 0 saturated carbocycles. The number of hydrogen-bond acceptors (Lipinski definition) is 4. The van der Waals surface area contributed by atoms with E-state index < -0.39 is 10.6 Å². The van der Waals surface area contributed by atoms with Gasteiger partial charge >= 0.3 is 16.6 Å². The molecule has 0 aliphatic heterocycles. The molecule has 0 aromatic rings. The molecule has 0 heterocycles. The zero-order chi connectivity index (χ0) is 11.7. The molecule has 0 aliphatic carbocycles. The van der Waals surface area contributed by atoms with Crippen LogP contribution in [0.2, 0.25) is 0 Å². The molecule has 0 unspecified atom stereocenters. The summed E-state index contributed by atoms with van der Waals surface area (Å²) in [7, 11) is -3.11. The van der Waals surface area contributed by atoms with Crippen molar-refractivity contribution < 1.29 is 17.4 Å². The van der Waals surface area contributed by atoms with Crippen LogP contribution in [0.3, 0.4) is 0 Å². The lowest BCUT2D eigenvalue weighted by Gasteiger charge is -2.11. The van der Waals surface area contributed by atoms with Gasteiger partial charge in [0.1, 0.15) is 0 Å². The molecule has 0 bridgehead atoms. The van der Waals surface area contributed by atoms with Crippen LogP contribution in [-0.4, -0.2) is 30.7 Å². The fourth-order valence-corrected chi connectivity index (χ4v) is 0.566. The molecule has 0 spiro atoms. The summed E-state index contributed by atoms with van der Waals surface area (Å²) in [6.07, 6.45) is 0. The van der Waals surface area contributed by atoms with Gasteiger partial charge in [-0.2, -0.15) is 0 Å². The van der Waals surface area contributed by atoms with Gasteiger partial charge in [0, 0.05) is 12.1 Å². The van der Waals surface area contributed by atoms with Crippen LogP contribution in [0.5, 0.6) is 0 Å². The summed E-state index contributed by atoms with van der Waals surface area (Å²) in [5, 5.41) is 5.45. The molecule has 2 N–H and O–H groups in total. The van der Waals surface area contributed by atoms with Crippen molar-refractivity contribution in [3.63, 3.8) is 0 Å². The summed E-state index contributed by atoms with van der Waals surface area (Å²) in [6, 6.07) is 0.322. The van der Waals surface area contributed by atoms with Gasteiger partial charge in [-0.05, 0) is 27.7 Å². The van der Waals surface area contributed by atoms with E-state index in [9.17, 15) is 4.79 Å². The zero-order valence-corrected chi connectivity index (χ0v) is 9.51. The van der Waals surface area contributed by atoms with E-state index in [2.05, 4.69) is 10.6 Å². The number of urea groups is 1. The third-order valence-corrected chi connectivity index (χ3v) is 0.840. The minimum absolute atomic E-state index is 0.0926. The smallest absolute Gasteiger partial charge is 0.336 e. The summed E-state index contributed by atoms with van der Waals surface area (Å²) in [4.78, 5) is 10.8. The van der Waals surface area contributed by atoms with Crippen molar-refractivity contribution in [3.05, 3.63) is 0 Å². The maximum atomic E-state index is 10.8. The van der Waals surface area contributed by atoms with Gasteiger partial charge < -0.3 is 10.6 Å². The summed E-state index contributed by atoms with van der Waals surface area (Å²) in [5.41, 5.74) is 0. The van der Waals surface area contributed by atoms with Crippen molar-refractivity contribution in [2.24, 2.45) is 0 Å². The first-order valence-corrected chi connectivity index (χ1v) is 5.09. The topological polar surface area (TPSA) is 92.3 Å². The van der Waals surface area contributed by atoms with Crippen molar-refractivity contribution in [2.45, 2.75) is 39.8 Å². The van der Waals surface area contributed by atoms with E-state index in [4.69, 9.17) is 12.6 Å². The highest BCUT2D eigenvalue weighted by atomic mass is 32.2. The molecule has 7 heteroatoms. The van der Waals surface area contributed by atoms with Gasteiger partial charge in [0.05, 0.1) is 0 Å². The van der Waals surface area contributed by atoms with Crippen LogP contribution in [0.25, 0.3) is 0 Å². The fraction of sp³-hybridized carbons (Fsp3) is 0.857. The van der Waals surface area contributed by atoms with Gasteiger partial charge in [-0.3, -0.25) is 0 Å². The standard InChI is InChI=1S/C7H16N2O.O3S/c1-5(2)8-7(10)9-6(3)4;1-4(2)3/h5-6H,1-4H3,(H2,8,9,10);. The quantitative estimate of drug-likeness (QED) is 0.695. The highest BCUT2D eigenvalue weighted by Crippen LogP contribution is 1.79. The van der Waals surface area contributed by atoms with Crippen LogP contribution >= 0.6 is 0 Å².